The van der Waals surface area contributed by atoms with Crippen LogP contribution in [0.4, 0.5) is 14.5 Å². The minimum atomic E-state index is -1.19. The highest BCUT2D eigenvalue weighted by molar-refractivity contribution is 14.0. The molecule has 30 heavy (non-hydrogen) atoms. The summed E-state index contributed by atoms with van der Waals surface area (Å²) in [6.07, 6.45) is 2.46. The number of nitrogens with one attached hydrogen (secondary N) is 2. The predicted molar refractivity (Wildman–Crippen MR) is 124 cm³/mol. The van der Waals surface area contributed by atoms with E-state index in [4.69, 9.17) is 4.42 Å². The zero-order valence-corrected chi connectivity index (χ0v) is 19.5. The van der Waals surface area contributed by atoms with Gasteiger partial charge >= 0.3 is 0 Å². The minimum absolute atomic E-state index is 0. The number of furan rings is 1. The summed E-state index contributed by atoms with van der Waals surface area (Å²) >= 11 is 0. The number of guanidine groups is 1. The SMILES string of the molecule is CCNC(=NCC(C)(O)c1ccco1)NCC1CCN(c2ccc(F)c(F)c2)C1.I. The molecule has 1 aliphatic rings. The van der Waals surface area contributed by atoms with Crippen molar-refractivity contribution in [1.82, 2.24) is 10.6 Å². The molecule has 2 heterocycles. The molecule has 0 bridgehead atoms. The van der Waals surface area contributed by atoms with Crippen LogP contribution in [0.2, 0.25) is 0 Å². The van der Waals surface area contributed by atoms with Crippen molar-refractivity contribution in [3.63, 3.8) is 0 Å². The quantitative estimate of drug-likeness (QED) is 0.289. The van der Waals surface area contributed by atoms with Crippen molar-refractivity contribution in [3.05, 3.63) is 54.0 Å². The molecule has 1 aliphatic heterocycles. The fourth-order valence-corrected chi connectivity index (χ4v) is 3.39. The van der Waals surface area contributed by atoms with Gasteiger partial charge < -0.3 is 25.1 Å². The van der Waals surface area contributed by atoms with E-state index in [-0.39, 0.29) is 30.5 Å². The second kappa shape index (κ2) is 10.9. The number of hydrogen-bond acceptors (Lipinski definition) is 4. The van der Waals surface area contributed by atoms with E-state index in [1.54, 1.807) is 25.1 Å². The van der Waals surface area contributed by atoms with Gasteiger partial charge in [-0.1, -0.05) is 0 Å². The van der Waals surface area contributed by atoms with Crippen LogP contribution in [-0.2, 0) is 5.60 Å². The van der Waals surface area contributed by atoms with Crippen LogP contribution in [-0.4, -0.2) is 43.8 Å². The Morgan fingerprint density at radius 1 is 1.30 bits per heavy atom. The second-order valence-electron chi connectivity index (χ2n) is 7.53. The van der Waals surface area contributed by atoms with Crippen LogP contribution in [0.1, 0.15) is 26.0 Å². The minimum Gasteiger partial charge on any atom is -0.466 e. The van der Waals surface area contributed by atoms with E-state index in [9.17, 15) is 13.9 Å². The van der Waals surface area contributed by atoms with Gasteiger partial charge in [0.25, 0.3) is 0 Å². The summed E-state index contributed by atoms with van der Waals surface area (Å²) in [6, 6.07) is 7.47. The summed E-state index contributed by atoms with van der Waals surface area (Å²) in [6.45, 7) is 6.72. The maximum atomic E-state index is 13.5. The van der Waals surface area contributed by atoms with Gasteiger partial charge in [0.2, 0.25) is 0 Å². The lowest BCUT2D eigenvalue weighted by atomic mass is 10.0. The standard InChI is InChI=1S/C21H28F2N4O2.HI/c1-3-24-20(26-14-21(2,28)19-5-4-10-29-19)25-12-15-8-9-27(13-15)16-6-7-17(22)18(23)11-16;/h4-7,10-11,15,28H,3,8-9,12-14H2,1-2H3,(H2,24,25,26);1H. The molecule has 1 aromatic heterocycles. The Morgan fingerprint density at radius 3 is 2.77 bits per heavy atom. The van der Waals surface area contributed by atoms with Gasteiger partial charge in [-0.2, -0.15) is 0 Å². The van der Waals surface area contributed by atoms with Crippen molar-refractivity contribution in [2.24, 2.45) is 10.9 Å². The number of benzene rings is 1. The molecule has 2 unspecified atom stereocenters. The largest absolute Gasteiger partial charge is 0.466 e. The lowest BCUT2D eigenvalue weighted by Gasteiger charge is -2.21. The first kappa shape index (κ1) is 24.4. The molecule has 9 heteroatoms. The number of hydrogen-bond donors (Lipinski definition) is 3. The van der Waals surface area contributed by atoms with E-state index >= 15 is 0 Å². The molecule has 0 spiro atoms. The van der Waals surface area contributed by atoms with Crippen LogP contribution in [0.25, 0.3) is 0 Å². The zero-order valence-electron chi connectivity index (χ0n) is 17.2. The first-order chi connectivity index (χ1) is 13.9. The van der Waals surface area contributed by atoms with Crippen molar-refractivity contribution in [3.8, 4) is 0 Å². The van der Waals surface area contributed by atoms with Crippen LogP contribution in [0, 0.1) is 17.6 Å². The molecular formula is C21H29F2IN4O2. The van der Waals surface area contributed by atoms with Gasteiger partial charge in [-0.25, -0.2) is 13.8 Å². The van der Waals surface area contributed by atoms with Crippen molar-refractivity contribution >= 4 is 35.6 Å². The number of rotatable bonds is 7. The molecule has 2 atom stereocenters. The molecule has 0 radical (unpaired) electrons. The number of aliphatic imine (C=N–C) groups is 1. The fraction of sp³-hybridized carbons (Fsp3) is 0.476. The molecule has 3 rings (SSSR count). The number of halogens is 3. The van der Waals surface area contributed by atoms with E-state index in [1.165, 1.54) is 12.3 Å². The van der Waals surface area contributed by atoms with E-state index in [1.807, 2.05) is 6.92 Å². The third-order valence-electron chi connectivity index (χ3n) is 5.05. The first-order valence-electron chi connectivity index (χ1n) is 9.87. The first-order valence-corrected chi connectivity index (χ1v) is 9.87. The molecule has 1 aromatic carbocycles. The van der Waals surface area contributed by atoms with Crippen molar-refractivity contribution in [1.29, 1.82) is 0 Å². The third kappa shape index (κ3) is 6.31. The normalized spacial score (nSPS) is 18.6. The molecular weight excluding hydrogens is 505 g/mol. The summed E-state index contributed by atoms with van der Waals surface area (Å²) < 4.78 is 31.9. The Kier molecular flexibility index (Phi) is 8.90. The maximum absolute atomic E-state index is 13.5. The Hall–Kier alpha value is -1.88. The summed E-state index contributed by atoms with van der Waals surface area (Å²) in [7, 11) is 0. The fourth-order valence-electron chi connectivity index (χ4n) is 3.39. The van der Waals surface area contributed by atoms with E-state index in [0.717, 1.165) is 25.6 Å². The highest BCUT2D eigenvalue weighted by Gasteiger charge is 2.27. The number of aliphatic hydroxyl groups is 1. The summed E-state index contributed by atoms with van der Waals surface area (Å²) in [5, 5.41) is 17.0. The zero-order chi connectivity index (χ0) is 20.9. The topological polar surface area (TPSA) is 73.0 Å². The van der Waals surface area contributed by atoms with E-state index < -0.39 is 17.2 Å². The van der Waals surface area contributed by atoms with Gasteiger partial charge in [0.15, 0.2) is 17.6 Å². The average molecular weight is 534 g/mol. The van der Waals surface area contributed by atoms with Gasteiger partial charge in [-0.15, -0.1) is 24.0 Å². The van der Waals surface area contributed by atoms with Gasteiger partial charge in [0.05, 0.1) is 12.8 Å². The number of nitrogens with zero attached hydrogens (tertiary/aromatic N) is 2. The average Bonchev–Trinajstić information content (AvgIpc) is 3.38. The maximum Gasteiger partial charge on any atom is 0.191 e. The van der Waals surface area contributed by atoms with Crippen LogP contribution < -0.4 is 15.5 Å². The molecule has 1 fully saturated rings. The monoisotopic (exact) mass is 534 g/mol. The highest BCUT2D eigenvalue weighted by Crippen LogP contribution is 2.25. The molecule has 0 aliphatic carbocycles. The van der Waals surface area contributed by atoms with Crippen LogP contribution in [0.5, 0.6) is 0 Å². The molecule has 2 aromatic rings. The highest BCUT2D eigenvalue weighted by atomic mass is 127. The number of anilines is 1. The Balaban J connectivity index is 0.00000320. The smallest absolute Gasteiger partial charge is 0.191 e. The molecule has 3 N–H and O–H groups in total. The predicted octanol–water partition coefficient (Wildman–Crippen LogP) is 3.46. The third-order valence-corrected chi connectivity index (χ3v) is 5.05. The van der Waals surface area contributed by atoms with Gasteiger partial charge in [-0.3, -0.25) is 0 Å². The molecule has 1 saturated heterocycles. The van der Waals surface area contributed by atoms with E-state index in [0.29, 0.717) is 36.4 Å². The lowest BCUT2D eigenvalue weighted by molar-refractivity contribution is 0.0437. The Morgan fingerprint density at radius 2 is 2.10 bits per heavy atom. The van der Waals surface area contributed by atoms with Crippen LogP contribution in [0.3, 0.4) is 0 Å². The molecule has 166 valence electrons. The lowest BCUT2D eigenvalue weighted by Crippen LogP contribution is -2.41. The summed E-state index contributed by atoms with van der Waals surface area (Å²) in [5.41, 5.74) is -0.496. The molecule has 0 amide bonds. The van der Waals surface area contributed by atoms with Crippen molar-refractivity contribution < 1.29 is 18.3 Å². The summed E-state index contributed by atoms with van der Waals surface area (Å²) in [5.74, 6) is -0.226. The van der Waals surface area contributed by atoms with Gasteiger partial charge in [0, 0.05) is 37.9 Å². The summed E-state index contributed by atoms with van der Waals surface area (Å²) in [4.78, 5) is 6.54. The van der Waals surface area contributed by atoms with Crippen molar-refractivity contribution in [2.75, 3.05) is 37.6 Å². The Labute approximate surface area is 192 Å². The second-order valence-corrected chi connectivity index (χ2v) is 7.53. The van der Waals surface area contributed by atoms with Gasteiger partial charge in [-0.05, 0) is 50.5 Å². The Bertz CT molecular complexity index is 830. The molecule has 0 saturated carbocycles. The van der Waals surface area contributed by atoms with Crippen LogP contribution in [0.15, 0.2) is 46.0 Å². The molecule has 6 nitrogen and oxygen atoms in total. The van der Waals surface area contributed by atoms with Crippen molar-refractivity contribution in [2.45, 2.75) is 25.9 Å². The van der Waals surface area contributed by atoms with Crippen LogP contribution >= 0.6 is 24.0 Å². The van der Waals surface area contributed by atoms with E-state index in [2.05, 4.69) is 20.5 Å². The van der Waals surface area contributed by atoms with Gasteiger partial charge in [0.1, 0.15) is 11.4 Å².